The largest absolute Gasteiger partial charge is 0.371 e. The van der Waals surface area contributed by atoms with Gasteiger partial charge in [0, 0.05) is 24.8 Å². The summed E-state index contributed by atoms with van der Waals surface area (Å²) in [5, 5.41) is 3.50. The van der Waals surface area contributed by atoms with Gasteiger partial charge in [-0.05, 0) is 55.8 Å². The average Bonchev–Trinajstić information content (AvgIpc) is 2.81. The lowest BCUT2D eigenvalue weighted by Crippen LogP contribution is -2.22. The molecule has 1 aromatic rings. The van der Waals surface area contributed by atoms with Crippen molar-refractivity contribution in [2.75, 3.05) is 24.5 Å². The summed E-state index contributed by atoms with van der Waals surface area (Å²) in [7, 11) is 0. The van der Waals surface area contributed by atoms with E-state index in [0.29, 0.717) is 6.04 Å². The van der Waals surface area contributed by atoms with Crippen molar-refractivity contribution in [2.45, 2.75) is 53.0 Å². The molecule has 0 spiro atoms. The highest BCUT2D eigenvalue weighted by molar-refractivity contribution is 5.59. The molecule has 20 heavy (non-hydrogen) atoms. The fraction of sp³-hybridized carbons (Fsp3) is 0.667. The third-order valence-corrected chi connectivity index (χ3v) is 4.32. The van der Waals surface area contributed by atoms with Crippen molar-refractivity contribution < 1.29 is 0 Å². The maximum absolute atomic E-state index is 3.50. The van der Waals surface area contributed by atoms with Crippen molar-refractivity contribution in [2.24, 2.45) is 5.92 Å². The van der Waals surface area contributed by atoms with E-state index in [0.717, 1.165) is 12.5 Å². The molecule has 1 aliphatic heterocycles. The van der Waals surface area contributed by atoms with E-state index in [4.69, 9.17) is 0 Å². The van der Waals surface area contributed by atoms with E-state index >= 15 is 0 Å². The molecule has 0 saturated carbocycles. The molecule has 0 amide bonds. The summed E-state index contributed by atoms with van der Waals surface area (Å²) >= 11 is 0. The Hall–Kier alpha value is -1.02. The number of hydrogen-bond acceptors (Lipinski definition) is 2. The second-order valence-corrected chi connectivity index (χ2v) is 6.44. The van der Waals surface area contributed by atoms with Crippen LogP contribution in [0.5, 0.6) is 0 Å². The fourth-order valence-electron chi connectivity index (χ4n) is 3.11. The lowest BCUT2D eigenvalue weighted by atomic mass is 10.0. The van der Waals surface area contributed by atoms with E-state index in [1.54, 1.807) is 0 Å². The number of anilines is 1. The molecular weight excluding hydrogens is 244 g/mol. The van der Waals surface area contributed by atoms with Crippen LogP contribution < -0.4 is 10.2 Å². The first-order chi connectivity index (χ1) is 9.61. The maximum Gasteiger partial charge on any atom is 0.0399 e. The SMILES string of the molecule is CCNC(C)c1ccc2c(c1)CCN2CCCC(C)C. The standard InChI is InChI=1S/C18H30N2/c1-5-19-15(4)16-8-9-18-17(13-16)10-12-20(18)11-6-7-14(2)3/h8-9,13-15,19H,5-7,10-12H2,1-4H3. The number of nitrogens with one attached hydrogen (secondary N) is 1. The van der Waals surface area contributed by atoms with Gasteiger partial charge in [0.15, 0.2) is 0 Å². The summed E-state index contributed by atoms with van der Waals surface area (Å²) in [6, 6.07) is 7.50. The van der Waals surface area contributed by atoms with Gasteiger partial charge in [-0.1, -0.05) is 32.9 Å². The van der Waals surface area contributed by atoms with Gasteiger partial charge in [0.1, 0.15) is 0 Å². The maximum atomic E-state index is 3.50. The fourth-order valence-corrected chi connectivity index (χ4v) is 3.11. The minimum atomic E-state index is 0.459. The Balaban J connectivity index is 1.99. The van der Waals surface area contributed by atoms with Gasteiger partial charge >= 0.3 is 0 Å². The Kier molecular flexibility index (Phi) is 5.47. The summed E-state index contributed by atoms with van der Waals surface area (Å²) in [5.41, 5.74) is 4.44. The second kappa shape index (κ2) is 7.12. The van der Waals surface area contributed by atoms with Crippen LogP contribution in [0.25, 0.3) is 0 Å². The van der Waals surface area contributed by atoms with E-state index in [2.05, 4.69) is 56.1 Å². The third-order valence-electron chi connectivity index (χ3n) is 4.32. The van der Waals surface area contributed by atoms with Crippen molar-refractivity contribution >= 4 is 5.69 Å². The Morgan fingerprint density at radius 1 is 1.25 bits per heavy atom. The predicted octanol–water partition coefficient (Wildman–Crippen LogP) is 4.16. The smallest absolute Gasteiger partial charge is 0.0399 e. The van der Waals surface area contributed by atoms with Crippen molar-refractivity contribution in [1.29, 1.82) is 0 Å². The van der Waals surface area contributed by atoms with Crippen molar-refractivity contribution in [3.05, 3.63) is 29.3 Å². The van der Waals surface area contributed by atoms with Crippen LogP contribution in [0.15, 0.2) is 18.2 Å². The highest BCUT2D eigenvalue weighted by Crippen LogP contribution is 2.30. The normalized spacial score (nSPS) is 15.8. The lowest BCUT2D eigenvalue weighted by Gasteiger charge is -2.21. The van der Waals surface area contributed by atoms with Crippen LogP contribution in [-0.4, -0.2) is 19.6 Å². The minimum absolute atomic E-state index is 0.459. The number of hydrogen-bond donors (Lipinski definition) is 1. The van der Waals surface area contributed by atoms with Gasteiger partial charge in [0.25, 0.3) is 0 Å². The number of nitrogens with zero attached hydrogens (tertiary/aromatic N) is 1. The summed E-state index contributed by atoms with van der Waals surface area (Å²) in [5.74, 6) is 0.820. The van der Waals surface area contributed by atoms with Gasteiger partial charge in [-0.15, -0.1) is 0 Å². The van der Waals surface area contributed by atoms with Crippen molar-refractivity contribution in [1.82, 2.24) is 5.32 Å². The monoisotopic (exact) mass is 274 g/mol. The molecular formula is C18H30N2. The number of rotatable bonds is 7. The molecule has 1 heterocycles. The first kappa shape index (κ1) is 15.4. The van der Waals surface area contributed by atoms with Crippen molar-refractivity contribution in [3.8, 4) is 0 Å². The summed E-state index contributed by atoms with van der Waals surface area (Å²) < 4.78 is 0. The second-order valence-electron chi connectivity index (χ2n) is 6.44. The summed E-state index contributed by atoms with van der Waals surface area (Å²) in [6.07, 6.45) is 3.86. The highest BCUT2D eigenvalue weighted by Gasteiger charge is 2.19. The molecule has 1 aromatic carbocycles. The molecule has 0 aliphatic carbocycles. The molecule has 1 aliphatic rings. The lowest BCUT2D eigenvalue weighted by molar-refractivity contribution is 0.552. The van der Waals surface area contributed by atoms with Crippen LogP contribution in [0.4, 0.5) is 5.69 Å². The Morgan fingerprint density at radius 3 is 2.75 bits per heavy atom. The first-order valence-electron chi connectivity index (χ1n) is 8.23. The van der Waals surface area contributed by atoms with Gasteiger partial charge in [-0.25, -0.2) is 0 Å². The van der Waals surface area contributed by atoms with E-state index in [1.807, 2.05) is 0 Å². The van der Waals surface area contributed by atoms with Gasteiger partial charge in [-0.2, -0.15) is 0 Å². The van der Waals surface area contributed by atoms with Gasteiger partial charge < -0.3 is 10.2 Å². The quantitative estimate of drug-likeness (QED) is 0.803. The topological polar surface area (TPSA) is 15.3 Å². The zero-order valence-corrected chi connectivity index (χ0v) is 13.6. The van der Waals surface area contributed by atoms with E-state index in [1.165, 1.54) is 49.2 Å². The Morgan fingerprint density at radius 2 is 2.05 bits per heavy atom. The molecule has 1 N–H and O–H groups in total. The molecule has 0 saturated heterocycles. The molecule has 0 aromatic heterocycles. The molecule has 2 rings (SSSR count). The predicted molar refractivity (Wildman–Crippen MR) is 88.5 cm³/mol. The molecule has 0 radical (unpaired) electrons. The number of fused-ring (bicyclic) bond motifs is 1. The summed E-state index contributed by atoms with van der Waals surface area (Å²) in [6.45, 7) is 12.5. The Bertz CT molecular complexity index is 425. The highest BCUT2D eigenvalue weighted by atomic mass is 15.1. The van der Waals surface area contributed by atoms with Crippen LogP contribution >= 0.6 is 0 Å². The van der Waals surface area contributed by atoms with E-state index < -0.39 is 0 Å². The zero-order chi connectivity index (χ0) is 14.5. The average molecular weight is 274 g/mol. The van der Waals surface area contributed by atoms with Crippen LogP contribution in [0.3, 0.4) is 0 Å². The summed E-state index contributed by atoms with van der Waals surface area (Å²) in [4.78, 5) is 2.57. The number of benzene rings is 1. The molecule has 1 unspecified atom stereocenters. The van der Waals surface area contributed by atoms with Crippen LogP contribution in [0.2, 0.25) is 0 Å². The molecule has 0 fully saturated rings. The Labute approximate surface area is 124 Å². The first-order valence-corrected chi connectivity index (χ1v) is 8.23. The van der Waals surface area contributed by atoms with Crippen LogP contribution in [-0.2, 0) is 6.42 Å². The van der Waals surface area contributed by atoms with Gasteiger partial charge in [0.05, 0.1) is 0 Å². The van der Waals surface area contributed by atoms with Crippen molar-refractivity contribution in [3.63, 3.8) is 0 Å². The van der Waals surface area contributed by atoms with Crippen LogP contribution in [0.1, 0.15) is 57.7 Å². The van der Waals surface area contributed by atoms with E-state index in [9.17, 15) is 0 Å². The van der Waals surface area contributed by atoms with Gasteiger partial charge in [-0.3, -0.25) is 0 Å². The molecule has 2 nitrogen and oxygen atoms in total. The van der Waals surface area contributed by atoms with E-state index in [-0.39, 0.29) is 0 Å². The van der Waals surface area contributed by atoms with Gasteiger partial charge in [0.2, 0.25) is 0 Å². The van der Waals surface area contributed by atoms with Crippen LogP contribution in [0, 0.1) is 5.92 Å². The molecule has 112 valence electrons. The zero-order valence-electron chi connectivity index (χ0n) is 13.6. The minimum Gasteiger partial charge on any atom is -0.371 e. The molecule has 2 heteroatoms. The molecule has 1 atom stereocenters. The molecule has 0 bridgehead atoms. The third kappa shape index (κ3) is 3.76.